The SMILES string of the molecule is COC(C#Cc1cccc(SC)c1)(c1cccc(N(CC2CC2)S(=O)(=O)c2ccccc2)c1)C(F)(F)F. The fraction of sp³-hybridized carbons (Fsp3) is 0.286. The van der Waals surface area contributed by atoms with Gasteiger partial charge in [-0.25, -0.2) is 8.42 Å². The molecule has 1 unspecified atom stereocenters. The van der Waals surface area contributed by atoms with Crippen LogP contribution in [0.3, 0.4) is 0 Å². The normalized spacial score (nSPS) is 15.4. The topological polar surface area (TPSA) is 46.6 Å². The van der Waals surface area contributed by atoms with E-state index in [1.165, 1.54) is 52.5 Å². The van der Waals surface area contributed by atoms with Crippen molar-refractivity contribution in [3.63, 3.8) is 0 Å². The van der Waals surface area contributed by atoms with Crippen LogP contribution in [0.1, 0.15) is 24.0 Å². The van der Waals surface area contributed by atoms with Crippen molar-refractivity contribution in [1.29, 1.82) is 0 Å². The highest BCUT2D eigenvalue weighted by Gasteiger charge is 2.56. The summed E-state index contributed by atoms with van der Waals surface area (Å²) in [5, 5.41) is 0. The Morgan fingerprint density at radius 3 is 2.32 bits per heavy atom. The molecule has 1 aliphatic rings. The molecular formula is C28H26F3NO3S2. The molecule has 1 aliphatic carbocycles. The van der Waals surface area contributed by atoms with Crippen molar-refractivity contribution in [3.05, 3.63) is 90.0 Å². The average molecular weight is 546 g/mol. The number of rotatable bonds is 8. The lowest BCUT2D eigenvalue weighted by Crippen LogP contribution is -2.43. The number of benzene rings is 3. The molecule has 0 aromatic heterocycles. The summed E-state index contributed by atoms with van der Waals surface area (Å²) in [4.78, 5) is 0.939. The summed E-state index contributed by atoms with van der Waals surface area (Å²) < 4.78 is 77.2. The predicted octanol–water partition coefficient (Wildman–Crippen LogP) is 6.47. The Bertz CT molecular complexity index is 1410. The number of nitrogens with zero attached hydrogens (tertiary/aromatic N) is 1. The van der Waals surface area contributed by atoms with E-state index in [0.717, 1.165) is 24.8 Å². The monoisotopic (exact) mass is 545 g/mol. The van der Waals surface area contributed by atoms with Crippen LogP contribution in [0.5, 0.6) is 0 Å². The van der Waals surface area contributed by atoms with Crippen LogP contribution in [0, 0.1) is 17.8 Å². The predicted molar refractivity (Wildman–Crippen MR) is 140 cm³/mol. The summed E-state index contributed by atoms with van der Waals surface area (Å²) in [6.07, 6.45) is -1.30. The molecule has 4 nitrogen and oxygen atoms in total. The largest absolute Gasteiger partial charge is 0.433 e. The Hall–Kier alpha value is -2.93. The van der Waals surface area contributed by atoms with Gasteiger partial charge in [0.25, 0.3) is 15.6 Å². The van der Waals surface area contributed by atoms with Gasteiger partial charge in [-0.1, -0.05) is 42.3 Å². The molecule has 37 heavy (non-hydrogen) atoms. The van der Waals surface area contributed by atoms with E-state index >= 15 is 0 Å². The highest BCUT2D eigenvalue weighted by atomic mass is 32.2. The standard InChI is InChI=1S/C28H26F3NO3S2/c1-35-27(28(29,30)31,17-16-21-8-6-11-25(18-21)36-2)23-9-7-10-24(19-23)32(20-22-14-15-22)37(33,34)26-12-4-3-5-13-26/h3-13,18-19,22H,14-15,20H2,1-2H3. The van der Waals surface area contributed by atoms with Crippen LogP contribution in [0.15, 0.2) is 88.7 Å². The van der Waals surface area contributed by atoms with Crippen molar-refractivity contribution in [2.75, 3.05) is 24.2 Å². The minimum absolute atomic E-state index is 0.0725. The molecule has 0 heterocycles. The van der Waals surface area contributed by atoms with Crippen LogP contribution in [0.25, 0.3) is 0 Å². The van der Waals surface area contributed by atoms with Crippen LogP contribution < -0.4 is 4.31 Å². The van der Waals surface area contributed by atoms with Gasteiger partial charge in [-0.3, -0.25) is 4.31 Å². The maximum absolute atomic E-state index is 14.6. The van der Waals surface area contributed by atoms with Gasteiger partial charge in [-0.15, -0.1) is 11.8 Å². The van der Waals surface area contributed by atoms with Gasteiger partial charge in [-0.05, 0) is 73.4 Å². The van der Waals surface area contributed by atoms with Crippen LogP contribution in [0.2, 0.25) is 0 Å². The van der Waals surface area contributed by atoms with Gasteiger partial charge in [0.15, 0.2) is 0 Å². The third-order valence-corrected chi connectivity index (χ3v) is 8.68. The van der Waals surface area contributed by atoms with Gasteiger partial charge in [0.1, 0.15) is 0 Å². The van der Waals surface area contributed by atoms with E-state index in [1.54, 1.807) is 36.4 Å². The highest BCUT2D eigenvalue weighted by molar-refractivity contribution is 7.98. The van der Waals surface area contributed by atoms with Crippen LogP contribution >= 0.6 is 11.8 Å². The highest BCUT2D eigenvalue weighted by Crippen LogP contribution is 2.43. The number of alkyl halides is 3. The van der Waals surface area contributed by atoms with Crippen molar-refractivity contribution < 1.29 is 26.3 Å². The van der Waals surface area contributed by atoms with Crippen molar-refractivity contribution >= 4 is 27.5 Å². The lowest BCUT2D eigenvalue weighted by molar-refractivity contribution is -0.250. The second-order valence-corrected chi connectivity index (χ2v) is 11.4. The van der Waals surface area contributed by atoms with E-state index in [1.807, 2.05) is 12.3 Å². The number of thioether (sulfide) groups is 1. The average Bonchev–Trinajstić information content (AvgIpc) is 3.72. The van der Waals surface area contributed by atoms with Gasteiger partial charge in [0.05, 0.1) is 10.6 Å². The first kappa shape index (κ1) is 27.1. The summed E-state index contributed by atoms with van der Waals surface area (Å²) >= 11 is 1.46. The second-order valence-electron chi connectivity index (χ2n) is 8.71. The maximum atomic E-state index is 14.6. The van der Waals surface area contributed by atoms with Gasteiger partial charge in [-0.2, -0.15) is 13.2 Å². The molecular weight excluding hydrogens is 519 g/mol. The molecule has 9 heteroatoms. The van der Waals surface area contributed by atoms with Crippen LogP contribution in [-0.4, -0.2) is 34.5 Å². The number of hydrogen-bond acceptors (Lipinski definition) is 4. The molecule has 0 N–H and O–H groups in total. The van der Waals surface area contributed by atoms with E-state index < -0.39 is 21.8 Å². The molecule has 1 fully saturated rings. The van der Waals surface area contributed by atoms with Gasteiger partial charge < -0.3 is 4.74 Å². The van der Waals surface area contributed by atoms with Gasteiger partial charge >= 0.3 is 6.18 Å². The molecule has 0 aliphatic heterocycles. The lowest BCUT2D eigenvalue weighted by atomic mass is 9.92. The molecule has 1 atom stereocenters. The van der Waals surface area contributed by atoms with Crippen molar-refractivity contribution in [2.24, 2.45) is 5.92 Å². The van der Waals surface area contributed by atoms with E-state index in [9.17, 15) is 21.6 Å². The number of methoxy groups -OCH3 is 1. The molecule has 3 aromatic carbocycles. The number of hydrogen-bond donors (Lipinski definition) is 0. The Labute approximate surface area is 219 Å². The summed E-state index contributed by atoms with van der Waals surface area (Å²) in [7, 11) is -3.05. The summed E-state index contributed by atoms with van der Waals surface area (Å²) in [6, 6.07) is 20.2. The number of ether oxygens (including phenoxy) is 1. The molecule has 0 amide bonds. The summed E-state index contributed by atoms with van der Waals surface area (Å²) in [5.74, 6) is 5.10. The Kier molecular flexibility index (Phi) is 7.93. The lowest BCUT2D eigenvalue weighted by Gasteiger charge is -2.31. The number of halogens is 3. The van der Waals surface area contributed by atoms with Crippen molar-refractivity contribution in [2.45, 2.75) is 34.4 Å². The van der Waals surface area contributed by atoms with E-state index in [0.29, 0.717) is 5.56 Å². The summed E-state index contributed by atoms with van der Waals surface area (Å²) in [5.41, 5.74) is -2.71. The Morgan fingerprint density at radius 2 is 1.70 bits per heavy atom. The maximum Gasteiger partial charge on any atom is 0.433 e. The molecule has 0 bridgehead atoms. The van der Waals surface area contributed by atoms with Gasteiger partial charge in [0, 0.05) is 29.7 Å². The molecule has 0 radical (unpaired) electrons. The first-order chi connectivity index (χ1) is 17.6. The molecule has 4 rings (SSSR count). The zero-order chi connectivity index (χ0) is 26.7. The minimum Gasteiger partial charge on any atom is -0.354 e. The van der Waals surface area contributed by atoms with Gasteiger partial charge in [0.2, 0.25) is 0 Å². The smallest absolute Gasteiger partial charge is 0.354 e. The fourth-order valence-electron chi connectivity index (χ4n) is 3.93. The summed E-state index contributed by atoms with van der Waals surface area (Å²) in [6.45, 7) is 0.180. The van der Waals surface area contributed by atoms with E-state index in [-0.39, 0.29) is 28.6 Å². The third-order valence-electron chi connectivity index (χ3n) is 6.15. The zero-order valence-corrected chi connectivity index (χ0v) is 22.0. The molecule has 1 saturated carbocycles. The first-order valence-corrected chi connectivity index (χ1v) is 14.2. The minimum atomic E-state index is -4.90. The fourth-order valence-corrected chi connectivity index (χ4v) is 5.94. The number of sulfonamides is 1. The zero-order valence-electron chi connectivity index (χ0n) is 20.3. The van der Waals surface area contributed by atoms with Crippen LogP contribution in [-0.2, 0) is 20.4 Å². The van der Waals surface area contributed by atoms with Crippen LogP contribution in [0.4, 0.5) is 18.9 Å². The van der Waals surface area contributed by atoms with Crippen molar-refractivity contribution in [1.82, 2.24) is 0 Å². The third kappa shape index (κ3) is 5.82. The molecule has 3 aromatic rings. The Morgan fingerprint density at radius 1 is 1.00 bits per heavy atom. The van der Waals surface area contributed by atoms with E-state index in [2.05, 4.69) is 11.8 Å². The van der Waals surface area contributed by atoms with E-state index in [4.69, 9.17) is 4.74 Å². The molecule has 194 valence electrons. The number of anilines is 1. The molecule has 0 spiro atoms. The molecule has 0 saturated heterocycles. The second kappa shape index (κ2) is 10.8. The van der Waals surface area contributed by atoms with Crippen molar-refractivity contribution in [3.8, 4) is 11.8 Å². The Balaban J connectivity index is 1.82. The first-order valence-electron chi connectivity index (χ1n) is 11.6. The quantitative estimate of drug-likeness (QED) is 0.241.